The van der Waals surface area contributed by atoms with E-state index in [9.17, 15) is 0 Å². The molecule has 88 valence electrons. The highest BCUT2D eigenvalue weighted by Crippen LogP contribution is 2.27. The van der Waals surface area contributed by atoms with Crippen molar-refractivity contribution >= 4 is 17.4 Å². The van der Waals surface area contributed by atoms with Crippen molar-refractivity contribution in [2.45, 2.75) is 38.0 Å². The van der Waals surface area contributed by atoms with Crippen LogP contribution in [0.15, 0.2) is 18.3 Å². The largest absolute Gasteiger partial charge is 0.370 e. The Kier molecular flexibility index (Phi) is 4.05. The lowest BCUT2D eigenvalue weighted by Crippen LogP contribution is -2.21. The van der Waals surface area contributed by atoms with Crippen LogP contribution in [0, 0.1) is 12.8 Å². The molecule has 0 saturated heterocycles. The van der Waals surface area contributed by atoms with E-state index >= 15 is 0 Å². The third-order valence-corrected chi connectivity index (χ3v) is 3.78. The van der Waals surface area contributed by atoms with Gasteiger partial charge in [-0.25, -0.2) is 4.98 Å². The number of alkyl halides is 1. The highest BCUT2D eigenvalue weighted by atomic mass is 35.5. The predicted molar refractivity (Wildman–Crippen MR) is 69.1 cm³/mol. The number of aryl methyl sites for hydroxylation is 1. The molecule has 1 aliphatic rings. The number of nitrogens with zero attached hydrogens (tertiary/aromatic N) is 1. The lowest BCUT2D eigenvalue weighted by molar-refractivity contribution is 0.377. The summed E-state index contributed by atoms with van der Waals surface area (Å²) in [5.74, 6) is 1.78. The second kappa shape index (κ2) is 5.53. The highest BCUT2D eigenvalue weighted by Gasteiger charge is 2.19. The summed E-state index contributed by atoms with van der Waals surface area (Å²) in [6.45, 7) is 3.12. The average molecular weight is 239 g/mol. The zero-order chi connectivity index (χ0) is 11.4. The molecule has 16 heavy (non-hydrogen) atoms. The van der Waals surface area contributed by atoms with Gasteiger partial charge in [0.1, 0.15) is 5.82 Å². The molecule has 0 atom stereocenters. The van der Waals surface area contributed by atoms with Crippen LogP contribution in [0.3, 0.4) is 0 Å². The normalized spacial score (nSPS) is 25.4. The molecule has 1 N–H and O–H groups in total. The molecule has 1 saturated carbocycles. The smallest absolute Gasteiger partial charge is 0.128 e. The fourth-order valence-corrected chi connectivity index (χ4v) is 2.49. The minimum absolute atomic E-state index is 0.410. The first-order valence-corrected chi connectivity index (χ1v) is 6.49. The number of hydrogen-bond acceptors (Lipinski definition) is 2. The number of aromatic nitrogens is 1. The molecule has 0 spiro atoms. The van der Waals surface area contributed by atoms with Gasteiger partial charge in [-0.15, -0.1) is 11.6 Å². The van der Waals surface area contributed by atoms with Crippen LogP contribution in [0.2, 0.25) is 0 Å². The van der Waals surface area contributed by atoms with Gasteiger partial charge in [-0.1, -0.05) is 6.07 Å². The summed E-state index contributed by atoms with van der Waals surface area (Å²) >= 11 is 6.09. The third kappa shape index (κ3) is 3.11. The van der Waals surface area contributed by atoms with Crippen molar-refractivity contribution in [1.82, 2.24) is 4.98 Å². The lowest BCUT2D eigenvalue weighted by atomic mass is 9.89. The number of halogens is 1. The number of nitrogens with one attached hydrogen (secondary N) is 1. The number of anilines is 1. The van der Waals surface area contributed by atoms with Gasteiger partial charge in [-0.05, 0) is 50.2 Å². The molecule has 3 heteroatoms. The quantitative estimate of drug-likeness (QED) is 0.814. The van der Waals surface area contributed by atoms with E-state index in [1.807, 2.05) is 12.3 Å². The van der Waals surface area contributed by atoms with E-state index in [1.54, 1.807) is 0 Å². The van der Waals surface area contributed by atoms with Crippen molar-refractivity contribution in [1.29, 1.82) is 0 Å². The van der Waals surface area contributed by atoms with Crippen LogP contribution in [0.5, 0.6) is 0 Å². The first-order valence-electron chi connectivity index (χ1n) is 6.05. The first-order chi connectivity index (χ1) is 7.75. The van der Waals surface area contributed by atoms with Gasteiger partial charge < -0.3 is 5.32 Å². The Hall–Kier alpha value is -0.760. The summed E-state index contributed by atoms with van der Waals surface area (Å²) in [4.78, 5) is 4.34. The van der Waals surface area contributed by atoms with E-state index < -0.39 is 0 Å². The maximum Gasteiger partial charge on any atom is 0.128 e. The summed E-state index contributed by atoms with van der Waals surface area (Å²) < 4.78 is 0. The van der Waals surface area contributed by atoms with E-state index in [0.29, 0.717) is 5.38 Å². The summed E-state index contributed by atoms with van der Waals surface area (Å²) in [5, 5.41) is 3.85. The average Bonchev–Trinajstić information content (AvgIpc) is 2.30. The molecule has 1 aromatic rings. The van der Waals surface area contributed by atoms with Crippen LogP contribution in [0.1, 0.15) is 31.2 Å². The van der Waals surface area contributed by atoms with Crippen molar-refractivity contribution in [3.8, 4) is 0 Å². The summed E-state index contributed by atoms with van der Waals surface area (Å²) in [6.07, 6.45) is 6.65. The van der Waals surface area contributed by atoms with Crippen LogP contribution < -0.4 is 5.32 Å². The van der Waals surface area contributed by atoms with Crippen molar-refractivity contribution in [2.24, 2.45) is 5.92 Å². The summed E-state index contributed by atoms with van der Waals surface area (Å²) in [6, 6.07) is 4.06. The Labute approximate surface area is 102 Å². The Morgan fingerprint density at radius 3 is 2.81 bits per heavy atom. The molecule has 1 aliphatic carbocycles. The molecule has 2 nitrogen and oxygen atoms in total. The molecule has 0 unspecified atom stereocenters. The number of rotatable bonds is 3. The van der Waals surface area contributed by atoms with Crippen LogP contribution in [0.4, 0.5) is 5.82 Å². The van der Waals surface area contributed by atoms with E-state index in [2.05, 4.69) is 23.3 Å². The van der Waals surface area contributed by atoms with Crippen LogP contribution in [-0.4, -0.2) is 16.9 Å². The second-order valence-corrected chi connectivity index (χ2v) is 5.29. The molecule has 2 rings (SSSR count). The number of pyridine rings is 1. The Balaban J connectivity index is 1.81. The third-order valence-electron chi connectivity index (χ3n) is 3.34. The molecule has 0 amide bonds. The second-order valence-electron chi connectivity index (χ2n) is 4.67. The Bertz CT molecular complexity index is 332. The van der Waals surface area contributed by atoms with E-state index in [-0.39, 0.29) is 0 Å². The lowest BCUT2D eigenvalue weighted by Gasteiger charge is -2.25. The highest BCUT2D eigenvalue weighted by molar-refractivity contribution is 6.20. The predicted octanol–water partition coefficient (Wildman–Crippen LogP) is 3.60. The van der Waals surface area contributed by atoms with Gasteiger partial charge in [0.2, 0.25) is 0 Å². The maximum atomic E-state index is 6.09. The maximum absolute atomic E-state index is 6.09. The fourth-order valence-electron chi connectivity index (χ4n) is 2.24. The van der Waals surface area contributed by atoms with Crippen LogP contribution in [-0.2, 0) is 0 Å². The summed E-state index contributed by atoms with van der Waals surface area (Å²) in [7, 11) is 0. The zero-order valence-corrected chi connectivity index (χ0v) is 10.5. The van der Waals surface area contributed by atoms with Gasteiger partial charge >= 0.3 is 0 Å². The van der Waals surface area contributed by atoms with Crippen molar-refractivity contribution in [3.05, 3.63) is 23.9 Å². The van der Waals surface area contributed by atoms with Gasteiger partial charge in [-0.3, -0.25) is 0 Å². The van der Waals surface area contributed by atoms with Crippen molar-refractivity contribution in [2.75, 3.05) is 11.9 Å². The monoisotopic (exact) mass is 238 g/mol. The molecule has 0 bridgehead atoms. The van der Waals surface area contributed by atoms with Gasteiger partial charge in [0, 0.05) is 18.1 Å². The molecule has 1 heterocycles. The molecule has 0 aromatic carbocycles. The fraction of sp³-hybridized carbons (Fsp3) is 0.615. The minimum Gasteiger partial charge on any atom is -0.370 e. The molecular weight excluding hydrogens is 220 g/mol. The number of hydrogen-bond donors (Lipinski definition) is 1. The summed E-state index contributed by atoms with van der Waals surface area (Å²) in [5.41, 5.74) is 1.22. The Morgan fingerprint density at radius 2 is 2.12 bits per heavy atom. The van der Waals surface area contributed by atoms with Crippen molar-refractivity contribution in [3.63, 3.8) is 0 Å². The Morgan fingerprint density at radius 1 is 1.38 bits per heavy atom. The van der Waals surface area contributed by atoms with Gasteiger partial charge in [0.15, 0.2) is 0 Å². The molecule has 0 radical (unpaired) electrons. The van der Waals surface area contributed by atoms with E-state index in [0.717, 1.165) is 31.1 Å². The van der Waals surface area contributed by atoms with Crippen LogP contribution >= 0.6 is 11.6 Å². The van der Waals surface area contributed by atoms with Crippen LogP contribution in [0.25, 0.3) is 0 Å². The first kappa shape index (κ1) is 11.7. The van der Waals surface area contributed by atoms with Crippen molar-refractivity contribution < 1.29 is 0 Å². The topological polar surface area (TPSA) is 24.9 Å². The van der Waals surface area contributed by atoms with Gasteiger partial charge in [0.05, 0.1) is 0 Å². The molecular formula is C13H19ClN2. The van der Waals surface area contributed by atoms with Gasteiger partial charge in [-0.2, -0.15) is 0 Å². The van der Waals surface area contributed by atoms with Gasteiger partial charge in [0.25, 0.3) is 0 Å². The minimum atomic E-state index is 0.410. The van der Waals surface area contributed by atoms with E-state index in [1.165, 1.54) is 18.4 Å². The molecule has 0 aliphatic heterocycles. The standard InChI is InChI=1S/C13H19ClN2/c1-10-3-2-8-15-13(10)16-9-11-4-6-12(14)7-5-11/h2-3,8,11-12H,4-7,9H2,1H3,(H,15,16). The molecule has 1 fully saturated rings. The molecule has 1 aromatic heterocycles. The van der Waals surface area contributed by atoms with E-state index in [4.69, 9.17) is 11.6 Å². The zero-order valence-electron chi connectivity index (χ0n) is 9.75. The SMILES string of the molecule is Cc1cccnc1NCC1CCC(Cl)CC1.